The summed E-state index contributed by atoms with van der Waals surface area (Å²) in [6.45, 7) is 0.630. The minimum atomic E-state index is -0.861. The normalized spacial score (nSPS) is 23.4. The second-order valence-corrected chi connectivity index (χ2v) is 6.65. The van der Waals surface area contributed by atoms with Gasteiger partial charge < -0.3 is 10.0 Å². The molecule has 1 saturated heterocycles. The van der Waals surface area contributed by atoms with E-state index in [4.69, 9.17) is 0 Å². The van der Waals surface area contributed by atoms with Gasteiger partial charge in [-0.25, -0.2) is 0 Å². The summed E-state index contributed by atoms with van der Waals surface area (Å²) in [6, 6.07) is 11.4. The standard InChI is InChI=1S/C18H19N3O3/c22-17(16-8-15(19-20-16)12-6-7-12)21-9-13(14(10-21)18(23)24)11-4-2-1-3-5-11/h1-5,8,12-14H,6-7,9-10H2,(H,19,20)(H,23,24). The Hall–Kier alpha value is -2.63. The monoisotopic (exact) mass is 325 g/mol. The highest BCUT2D eigenvalue weighted by molar-refractivity contribution is 5.93. The lowest BCUT2D eigenvalue weighted by molar-refractivity contribution is -0.141. The van der Waals surface area contributed by atoms with E-state index in [0.717, 1.165) is 24.1 Å². The lowest BCUT2D eigenvalue weighted by Gasteiger charge is -2.15. The third-order valence-corrected chi connectivity index (χ3v) is 4.99. The van der Waals surface area contributed by atoms with Crippen LogP contribution in [0.3, 0.4) is 0 Å². The highest BCUT2D eigenvalue weighted by Crippen LogP contribution is 2.39. The van der Waals surface area contributed by atoms with Crippen LogP contribution in [0.2, 0.25) is 0 Å². The fourth-order valence-corrected chi connectivity index (χ4v) is 3.47. The van der Waals surface area contributed by atoms with Crippen molar-refractivity contribution < 1.29 is 14.7 Å². The van der Waals surface area contributed by atoms with Gasteiger partial charge in [0, 0.05) is 30.6 Å². The molecule has 1 aliphatic heterocycles. The minimum Gasteiger partial charge on any atom is -0.481 e. The van der Waals surface area contributed by atoms with Crippen LogP contribution in [0.1, 0.15) is 46.4 Å². The van der Waals surface area contributed by atoms with Crippen LogP contribution in [0, 0.1) is 5.92 Å². The van der Waals surface area contributed by atoms with Crippen LogP contribution in [-0.2, 0) is 4.79 Å². The number of carboxylic acids is 1. The fourth-order valence-electron chi connectivity index (χ4n) is 3.47. The van der Waals surface area contributed by atoms with Gasteiger partial charge in [-0.2, -0.15) is 5.10 Å². The van der Waals surface area contributed by atoms with Crippen LogP contribution in [0.15, 0.2) is 36.4 Å². The molecule has 1 saturated carbocycles. The van der Waals surface area contributed by atoms with Crippen molar-refractivity contribution >= 4 is 11.9 Å². The minimum absolute atomic E-state index is 0.186. The molecule has 6 heteroatoms. The molecule has 24 heavy (non-hydrogen) atoms. The summed E-state index contributed by atoms with van der Waals surface area (Å²) in [5.41, 5.74) is 2.35. The predicted molar refractivity (Wildman–Crippen MR) is 86.8 cm³/mol. The maximum atomic E-state index is 12.7. The Balaban J connectivity index is 1.55. The van der Waals surface area contributed by atoms with Gasteiger partial charge in [0.1, 0.15) is 5.69 Å². The van der Waals surface area contributed by atoms with Crippen LogP contribution < -0.4 is 0 Å². The molecule has 2 aromatic rings. The van der Waals surface area contributed by atoms with E-state index in [1.807, 2.05) is 36.4 Å². The van der Waals surface area contributed by atoms with Crippen molar-refractivity contribution in [1.82, 2.24) is 15.1 Å². The molecule has 0 spiro atoms. The zero-order valence-electron chi connectivity index (χ0n) is 13.2. The van der Waals surface area contributed by atoms with E-state index >= 15 is 0 Å². The molecule has 1 amide bonds. The van der Waals surface area contributed by atoms with Crippen LogP contribution in [0.25, 0.3) is 0 Å². The average Bonchev–Trinajstić information content (AvgIpc) is 3.16. The number of nitrogens with one attached hydrogen (secondary N) is 1. The summed E-state index contributed by atoms with van der Waals surface area (Å²) in [5, 5.41) is 16.6. The SMILES string of the molecule is O=C(O)C1CN(C(=O)c2cc(C3CC3)[nH]n2)CC1c1ccccc1. The number of aliphatic carboxylic acids is 1. The Bertz CT molecular complexity index is 767. The van der Waals surface area contributed by atoms with E-state index in [0.29, 0.717) is 18.2 Å². The van der Waals surface area contributed by atoms with Gasteiger partial charge in [-0.05, 0) is 24.5 Å². The van der Waals surface area contributed by atoms with Crippen LogP contribution in [0.5, 0.6) is 0 Å². The Morgan fingerprint density at radius 3 is 2.58 bits per heavy atom. The third-order valence-electron chi connectivity index (χ3n) is 4.99. The molecule has 2 heterocycles. The number of aromatic amines is 1. The molecule has 1 aromatic heterocycles. The van der Waals surface area contributed by atoms with Gasteiger partial charge in [-0.1, -0.05) is 30.3 Å². The van der Waals surface area contributed by atoms with Gasteiger partial charge in [0.25, 0.3) is 5.91 Å². The van der Waals surface area contributed by atoms with Crippen LogP contribution in [0.4, 0.5) is 0 Å². The quantitative estimate of drug-likeness (QED) is 0.902. The molecule has 2 fully saturated rings. The number of aromatic nitrogens is 2. The van der Waals surface area contributed by atoms with E-state index in [1.165, 1.54) is 0 Å². The number of hydrogen-bond acceptors (Lipinski definition) is 3. The van der Waals surface area contributed by atoms with Crippen molar-refractivity contribution in [2.45, 2.75) is 24.7 Å². The molecule has 2 unspecified atom stereocenters. The summed E-state index contributed by atoms with van der Waals surface area (Å²) < 4.78 is 0. The Kier molecular flexibility index (Phi) is 3.59. The molecule has 124 valence electrons. The number of benzene rings is 1. The van der Waals surface area contributed by atoms with Crippen LogP contribution in [-0.4, -0.2) is 45.2 Å². The Morgan fingerprint density at radius 1 is 1.17 bits per heavy atom. The summed E-state index contributed by atoms with van der Waals surface area (Å²) in [6.07, 6.45) is 2.27. The molecular formula is C18H19N3O3. The molecule has 2 atom stereocenters. The molecule has 2 N–H and O–H groups in total. The second-order valence-electron chi connectivity index (χ2n) is 6.65. The number of rotatable bonds is 4. The topological polar surface area (TPSA) is 86.3 Å². The first-order valence-corrected chi connectivity index (χ1v) is 8.26. The maximum Gasteiger partial charge on any atom is 0.308 e. The molecular weight excluding hydrogens is 306 g/mol. The number of likely N-dealkylation sites (tertiary alicyclic amines) is 1. The Morgan fingerprint density at radius 2 is 1.92 bits per heavy atom. The van der Waals surface area contributed by atoms with E-state index in [2.05, 4.69) is 10.2 Å². The summed E-state index contributed by atoms with van der Waals surface area (Å²) in [4.78, 5) is 25.9. The van der Waals surface area contributed by atoms with Gasteiger partial charge in [0.05, 0.1) is 5.92 Å². The molecule has 6 nitrogen and oxygen atoms in total. The maximum absolute atomic E-state index is 12.7. The number of carbonyl (C=O) groups is 2. The van der Waals surface area contributed by atoms with Gasteiger partial charge in [-0.15, -0.1) is 0 Å². The van der Waals surface area contributed by atoms with Crippen molar-refractivity contribution in [3.63, 3.8) is 0 Å². The molecule has 4 rings (SSSR count). The lowest BCUT2D eigenvalue weighted by atomic mass is 9.89. The van der Waals surface area contributed by atoms with E-state index in [-0.39, 0.29) is 18.4 Å². The zero-order chi connectivity index (χ0) is 16.7. The summed E-state index contributed by atoms with van der Waals surface area (Å²) in [5.74, 6) is -1.32. The lowest BCUT2D eigenvalue weighted by Crippen LogP contribution is -2.30. The molecule has 1 aliphatic carbocycles. The summed E-state index contributed by atoms with van der Waals surface area (Å²) >= 11 is 0. The molecule has 2 aliphatic rings. The van der Waals surface area contributed by atoms with Crippen molar-refractivity contribution in [2.75, 3.05) is 13.1 Å². The molecule has 1 aromatic carbocycles. The first kappa shape index (κ1) is 14.9. The fraction of sp³-hybridized carbons (Fsp3) is 0.389. The second kappa shape index (κ2) is 5.78. The third kappa shape index (κ3) is 2.68. The number of H-pyrrole nitrogens is 1. The highest BCUT2D eigenvalue weighted by atomic mass is 16.4. The highest BCUT2D eigenvalue weighted by Gasteiger charge is 2.41. The van der Waals surface area contributed by atoms with Crippen molar-refractivity contribution in [3.05, 3.63) is 53.3 Å². The number of carboxylic acid groups (broad SMARTS) is 1. The average molecular weight is 325 g/mol. The molecule has 0 radical (unpaired) electrons. The van der Waals surface area contributed by atoms with Crippen molar-refractivity contribution in [3.8, 4) is 0 Å². The van der Waals surface area contributed by atoms with E-state index < -0.39 is 11.9 Å². The number of nitrogens with zero attached hydrogens (tertiary/aromatic N) is 2. The number of amides is 1. The van der Waals surface area contributed by atoms with Crippen LogP contribution >= 0.6 is 0 Å². The largest absolute Gasteiger partial charge is 0.481 e. The molecule has 0 bridgehead atoms. The van der Waals surface area contributed by atoms with Gasteiger partial charge in [0.15, 0.2) is 0 Å². The number of carbonyl (C=O) groups excluding carboxylic acids is 1. The predicted octanol–water partition coefficient (Wildman–Crippen LogP) is 2.23. The smallest absolute Gasteiger partial charge is 0.308 e. The van der Waals surface area contributed by atoms with E-state index in [1.54, 1.807) is 4.90 Å². The first-order valence-electron chi connectivity index (χ1n) is 8.26. The van der Waals surface area contributed by atoms with Gasteiger partial charge >= 0.3 is 5.97 Å². The van der Waals surface area contributed by atoms with Gasteiger partial charge in [-0.3, -0.25) is 14.7 Å². The van der Waals surface area contributed by atoms with Gasteiger partial charge in [0.2, 0.25) is 0 Å². The number of hydrogen-bond donors (Lipinski definition) is 2. The van der Waals surface area contributed by atoms with Crippen molar-refractivity contribution in [2.24, 2.45) is 5.92 Å². The summed E-state index contributed by atoms with van der Waals surface area (Å²) in [7, 11) is 0. The Labute approximate surface area is 139 Å². The first-order chi connectivity index (χ1) is 11.6. The van der Waals surface area contributed by atoms with Crippen molar-refractivity contribution in [1.29, 1.82) is 0 Å². The zero-order valence-corrected chi connectivity index (χ0v) is 13.2. The van der Waals surface area contributed by atoms with E-state index in [9.17, 15) is 14.7 Å².